The van der Waals surface area contributed by atoms with Crippen molar-refractivity contribution in [3.05, 3.63) is 129 Å². The number of rotatable bonds is 10. The quantitative estimate of drug-likeness (QED) is 0.0500. The summed E-state index contributed by atoms with van der Waals surface area (Å²) in [5, 5.41) is 31.1. The minimum Gasteiger partial charge on any atom is -0.507 e. The summed E-state index contributed by atoms with van der Waals surface area (Å²) in [6, 6.07) is 25.5. The number of methoxy groups -OCH3 is 1. The number of aromatic nitrogens is 2. The molecule has 12 heteroatoms. The van der Waals surface area contributed by atoms with Gasteiger partial charge < -0.3 is 19.7 Å². The number of aliphatic hydroxyl groups excluding tert-OH is 1. The first-order valence-corrected chi connectivity index (χ1v) is 16.6. The molecule has 0 bridgehead atoms. The molecular formula is C35H28ClN3O6S2. The van der Waals surface area contributed by atoms with Crippen LogP contribution in [0.2, 0.25) is 5.02 Å². The maximum atomic E-state index is 13.6. The van der Waals surface area contributed by atoms with Crippen LogP contribution in [-0.4, -0.2) is 39.2 Å². The highest BCUT2D eigenvalue weighted by atomic mass is 35.5. The number of phenolic OH excluding ortho intramolecular Hbond substituents is 1. The van der Waals surface area contributed by atoms with Crippen molar-refractivity contribution in [2.45, 2.75) is 29.7 Å². The molecular weight excluding hydrogens is 658 g/mol. The molecule has 1 fully saturated rings. The van der Waals surface area contributed by atoms with Gasteiger partial charge in [0.1, 0.15) is 18.1 Å². The Morgan fingerprint density at radius 2 is 1.79 bits per heavy atom. The van der Waals surface area contributed by atoms with Crippen LogP contribution < -0.4 is 14.4 Å². The minimum atomic E-state index is -1.09. The summed E-state index contributed by atoms with van der Waals surface area (Å²) in [5.74, 6) is -1.03. The number of aryl methyl sites for hydroxylation is 1. The number of ketones is 1. The number of halogens is 1. The van der Waals surface area contributed by atoms with Gasteiger partial charge in [-0.25, -0.2) is 0 Å². The van der Waals surface area contributed by atoms with Gasteiger partial charge in [-0.1, -0.05) is 88.8 Å². The zero-order valence-corrected chi connectivity index (χ0v) is 27.6. The molecule has 5 aromatic rings. The van der Waals surface area contributed by atoms with Gasteiger partial charge >= 0.3 is 5.91 Å². The van der Waals surface area contributed by atoms with Crippen LogP contribution in [0.4, 0.5) is 5.13 Å². The van der Waals surface area contributed by atoms with Crippen LogP contribution in [0.5, 0.6) is 17.2 Å². The standard InChI is InChI=1S/C35H28ClN3O6S2/c1-20-6-5-7-21(16-20)18-45-25-13-10-22(11-14-25)31(41)29-30(23-12-15-27(40)28(17-23)44-2)39(33(43)32(29)42)34-37-38-35(47-34)46-19-24-8-3-4-9-26(24)36/h3-17,30,40-41H,18-19H2,1-2H3/b31-29+. The van der Waals surface area contributed by atoms with Gasteiger partial charge in [-0.3, -0.25) is 14.5 Å². The molecule has 2 heterocycles. The van der Waals surface area contributed by atoms with Crippen molar-refractivity contribution in [1.82, 2.24) is 10.2 Å². The Morgan fingerprint density at radius 1 is 1.00 bits per heavy atom. The molecule has 1 aromatic heterocycles. The fourth-order valence-electron chi connectivity index (χ4n) is 5.16. The van der Waals surface area contributed by atoms with Crippen LogP contribution in [-0.2, 0) is 21.9 Å². The van der Waals surface area contributed by atoms with E-state index in [1.54, 1.807) is 36.4 Å². The third kappa shape index (κ3) is 6.83. The molecule has 0 radical (unpaired) electrons. The second-order valence-corrected chi connectivity index (χ2v) is 13.2. The molecule has 1 aliphatic rings. The van der Waals surface area contributed by atoms with Crippen molar-refractivity contribution in [3.63, 3.8) is 0 Å². The predicted octanol–water partition coefficient (Wildman–Crippen LogP) is 7.71. The molecule has 1 atom stereocenters. The highest BCUT2D eigenvalue weighted by Crippen LogP contribution is 2.45. The number of aromatic hydroxyl groups is 1. The predicted molar refractivity (Wildman–Crippen MR) is 182 cm³/mol. The van der Waals surface area contributed by atoms with Gasteiger partial charge in [0.25, 0.3) is 5.78 Å². The average Bonchev–Trinajstić information content (AvgIpc) is 3.65. The molecule has 0 spiro atoms. The van der Waals surface area contributed by atoms with Crippen LogP contribution in [0.3, 0.4) is 0 Å². The molecule has 0 saturated carbocycles. The molecule has 1 unspecified atom stereocenters. The number of thioether (sulfide) groups is 1. The Bertz CT molecular complexity index is 2000. The fraction of sp³-hybridized carbons (Fsp3) is 0.143. The number of aliphatic hydroxyl groups is 1. The highest BCUT2D eigenvalue weighted by Gasteiger charge is 2.48. The van der Waals surface area contributed by atoms with Crippen LogP contribution in [0, 0.1) is 6.92 Å². The molecule has 1 aliphatic heterocycles. The maximum Gasteiger partial charge on any atom is 0.301 e. The number of hydrogen-bond acceptors (Lipinski definition) is 10. The highest BCUT2D eigenvalue weighted by molar-refractivity contribution is 8.00. The van der Waals surface area contributed by atoms with Crippen molar-refractivity contribution in [3.8, 4) is 17.2 Å². The Kier molecular flexibility index (Phi) is 9.48. The third-order valence-corrected chi connectivity index (χ3v) is 9.96. The van der Waals surface area contributed by atoms with Crippen molar-refractivity contribution < 1.29 is 29.3 Å². The van der Waals surface area contributed by atoms with Crippen molar-refractivity contribution >= 4 is 57.3 Å². The van der Waals surface area contributed by atoms with E-state index in [-0.39, 0.29) is 28.0 Å². The van der Waals surface area contributed by atoms with Gasteiger partial charge in [-0.05, 0) is 66.1 Å². The fourth-order valence-corrected chi connectivity index (χ4v) is 7.31. The topological polar surface area (TPSA) is 122 Å². The van der Waals surface area contributed by atoms with Gasteiger partial charge in [0.05, 0.1) is 18.7 Å². The Morgan fingerprint density at radius 3 is 2.53 bits per heavy atom. The van der Waals surface area contributed by atoms with E-state index in [2.05, 4.69) is 10.2 Å². The average molecular weight is 686 g/mol. The summed E-state index contributed by atoms with van der Waals surface area (Å²) in [7, 11) is 1.39. The van der Waals surface area contributed by atoms with Crippen molar-refractivity contribution in [1.29, 1.82) is 0 Å². The molecule has 4 aromatic carbocycles. The molecule has 47 heavy (non-hydrogen) atoms. The van der Waals surface area contributed by atoms with Crippen LogP contribution in [0.15, 0.2) is 101 Å². The number of amides is 1. The van der Waals surface area contributed by atoms with Gasteiger partial charge in [-0.15, -0.1) is 10.2 Å². The molecule has 238 valence electrons. The van der Waals surface area contributed by atoms with Crippen molar-refractivity contribution in [2.24, 2.45) is 0 Å². The van der Waals surface area contributed by atoms with E-state index in [0.717, 1.165) is 28.0 Å². The molecule has 2 N–H and O–H groups in total. The number of ether oxygens (including phenoxy) is 2. The second-order valence-electron chi connectivity index (χ2n) is 10.6. The van der Waals surface area contributed by atoms with Gasteiger partial charge in [-0.2, -0.15) is 0 Å². The van der Waals surface area contributed by atoms with Crippen LogP contribution >= 0.6 is 34.7 Å². The minimum absolute atomic E-state index is 0.122. The second kappa shape index (κ2) is 13.9. The Balaban J connectivity index is 1.33. The summed E-state index contributed by atoms with van der Waals surface area (Å²) >= 11 is 8.84. The monoisotopic (exact) mass is 685 g/mol. The molecule has 6 rings (SSSR count). The van der Waals surface area contributed by atoms with Gasteiger partial charge in [0.2, 0.25) is 5.13 Å². The molecule has 1 saturated heterocycles. The van der Waals surface area contributed by atoms with E-state index in [0.29, 0.717) is 38.6 Å². The van der Waals surface area contributed by atoms with E-state index in [1.807, 2.05) is 49.4 Å². The van der Waals surface area contributed by atoms with E-state index >= 15 is 0 Å². The number of Topliss-reactive ketones (excluding diaryl/α,β-unsaturated/α-hetero) is 1. The van der Waals surface area contributed by atoms with Crippen LogP contribution in [0.1, 0.15) is 33.9 Å². The molecule has 9 nitrogen and oxygen atoms in total. The number of hydrogen-bond donors (Lipinski definition) is 2. The number of nitrogens with zero attached hydrogens (tertiary/aromatic N) is 3. The smallest absolute Gasteiger partial charge is 0.301 e. The lowest BCUT2D eigenvalue weighted by Crippen LogP contribution is -2.29. The lowest BCUT2D eigenvalue weighted by atomic mass is 9.95. The summed E-state index contributed by atoms with van der Waals surface area (Å²) in [5.41, 5.74) is 3.65. The number of carbonyl (C=O) groups is 2. The van der Waals surface area contributed by atoms with Gasteiger partial charge in [0, 0.05) is 16.3 Å². The zero-order valence-electron chi connectivity index (χ0n) is 25.2. The SMILES string of the molecule is COc1cc(C2/C(=C(\O)c3ccc(OCc4cccc(C)c4)cc3)C(=O)C(=O)N2c2nnc(SCc3ccccc3Cl)s2)ccc1O. The third-order valence-electron chi connectivity index (χ3n) is 7.49. The summed E-state index contributed by atoms with van der Waals surface area (Å²) in [4.78, 5) is 28.5. The molecule has 1 amide bonds. The van der Waals surface area contributed by atoms with E-state index in [9.17, 15) is 19.8 Å². The van der Waals surface area contributed by atoms with Crippen molar-refractivity contribution in [2.75, 3.05) is 12.0 Å². The van der Waals surface area contributed by atoms with E-state index < -0.39 is 17.7 Å². The zero-order chi connectivity index (χ0) is 33.1. The first-order chi connectivity index (χ1) is 22.7. The maximum absolute atomic E-state index is 13.6. The summed E-state index contributed by atoms with van der Waals surface area (Å²) < 4.78 is 11.8. The Hall–Kier alpha value is -4.84. The largest absolute Gasteiger partial charge is 0.507 e. The number of phenols is 1. The van der Waals surface area contributed by atoms with E-state index in [4.69, 9.17) is 21.1 Å². The first-order valence-electron chi connectivity index (χ1n) is 14.4. The summed E-state index contributed by atoms with van der Waals surface area (Å²) in [6.45, 7) is 2.37. The number of benzene rings is 4. The lowest BCUT2D eigenvalue weighted by Gasteiger charge is -2.23. The normalized spacial score (nSPS) is 15.6. The first kappa shape index (κ1) is 32.1. The number of carbonyl (C=O) groups excluding carboxylic acids is 2. The lowest BCUT2D eigenvalue weighted by molar-refractivity contribution is -0.132. The Labute approximate surface area is 284 Å². The number of anilines is 1. The summed E-state index contributed by atoms with van der Waals surface area (Å²) in [6.07, 6.45) is 0. The van der Waals surface area contributed by atoms with Crippen LogP contribution in [0.25, 0.3) is 5.76 Å². The molecule has 0 aliphatic carbocycles. The van der Waals surface area contributed by atoms with Gasteiger partial charge in [0.15, 0.2) is 15.8 Å². The van der Waals surface area contributed by atoms with E-state index in [1.165, 1.54) is 35.9 Å².